The number of aromatic nitrogens is 3. The summed E-state index contributed by atoms with van der Waals surface area (Å²) in [5, 5.41) is 4.66. The Morgan fingerprint density at radius 1 is 1.11 bits per heavy atom. The van der Waals surface area contributed by atoms with E-state index in [0.29, 0.717) is 13.1 Å². The van der Waals surface area contributed by atoms with Gasteiger partial charge in [-0.05, 0) is 42.7 Å². The van der Waals surface area contributed by atoms with Gasteiger partial charge in [0.15, 0.2) is 11.5 Å². The Labute approximate surface area is 158 Å². The lowest BCUT2D eigenvalue weighted by molar-refractivity contribution is 0.315. The molecule has 142 valence electrons. The number of fused-ring (bicyclic) bond motifs is 1. The van der Waals surface area contributed by atoms with Crippen LogP contribution >= 0.6 is 0 Å². The molecular formula is C19H22N4O3S. The molecule has 3 aromatic rings. The fraction of sp³-hybridized carbons (Fsp3) is 0.368. The lowest BCUT2D eigenvalue weighted by Gasteiger charge is -2.28. The van der Waals surface area contributed by atoms with Gasteiger partial charge in [0.05, 0.1) is 13.4 Å². The van der Waals surface area contributed by atoms with Crippen molar-refractivity contribution in [1.29, 1.82) is 0 Å². The van der Waals surface area contributed by atoms with Crippen LogP contribution in [0.3, 0.4) is 0 Å². The Bertz CT molecular complexity index is 1070. The maximum absolute atomic E-state index is 11.7. The molecular weight excluding hydrogens is 364 g/mol. The van der Waals surface area contributed by atoms with Gasteiger partial charge < -0.3 is 4.74 Å². The molecule has 1 fully saturated rings. The first-order valence-electron chi connectivity index (χ1n) is 8.90. The lowest BCUT2D eigenvalue weighted by atomic mass is 9.98. The molecule has 8 heteroatoms. The number of hydrogen-bond donors (Lipinski definition) is 0. The number of pyridine rings is 1. The van der Waals surface area contributed by atoms with Gasteiger partial charge in [-0.15, -0.1) is 0 Å². The van der Waals surface area contributed by atoms with Crippen LogP contribution in [0, 0.1) is 0 Å². The van der Waals surface area contributed by atoms with Gasteiger partial charge in [0.2, 0.25) is 10.0 Å². The molecule has 2 aromatic heterocycles. The minimum Gasteiger partial charge on any atom is -0.497 e. The molecule has 1 saturated heterocycles. The standard InChI is InChI=1S/C19H22N4O3S/c1-26-17-5-3-4-15(12-17)16-6-7-18-20-19(21-23(18)13-16)14-8-10-22(11-9-14)27(2,24)25/h3-7,12-14H,8-11H2,1-2H3. The second kappa shape index (κ2) is 6.94. The minimum atomic E-state index is -3.12. The van der Waals surface area contributed by atoms with E-state index in [-0.39, 0.29) is 5.92 Å². The fourth-order valence-corrected chi connectivity index (χ4v) is 4.37. The third kappa shape index (κ3) is 3.68. The molecule has 7 nitrogen and oxygen atoms in total. The highest BCUT2D eigenvalue weighted by Gasteiger charge is 2.28. The van der Waals surface area contributed by atoms with Crippen LogP contribution in [-0.4, -0.2) is 53.8 Å². The van der Waals surface area contributed by atoms with Crippen molar-refractivity contribution in [2.75, 3.05) is 26.5 Å². The van der Waals surface area contributed by atoms with Crippen LogP contribution in [0.25, 0.3) is 16.8 Å². The van der Waals surface area contributed by atoms with Crippen molar-refractivity contribution in [3.05, 3.63) is 48.4 Å². The number of piperidine rings is 1. The molecule has 0 aliphatic carbocycles. The summed E-state index contributed by atoms with van der Waals surface area (Å²) in [5.74, 6) is 1.78. The molecule has 0 radical (unpaired) electrons. The van der Waals surface area contributed by atoms with E-state index in [0.717, 1.165) is 41.2 Å². The Hall–Kier alpha value is -2.45. The van der Waals surface area contributed by atoms with Gasteiger partial charge in [-0.3, -0.25) is 0 Å². The smallest absolute Gasteiger partial charge is 0.211 e. The molecule has 0 atom stereocenters. The summed E-state index contributed by atoms with van der Waals surface area (Å²) >= 11 is 0. The molecule has 0 bridgehead atoms. The largest absolute Gasteiger partial charge is 0.497 e. The van der Waals surface area contributed by atoms with Crippen molar-refractivity contribution >= 4 is 15.7 Å². The Morgan fingerprint density at radius 3 is 2.59 bits per heavy atom. The zero-order valence-corrected chi connectivity index (χ0v) is 16.2. The summed E-state index contributed by atoms with van der Waals surface area (Å²) in [5.41, 5.74) is 2.88. The number of nitrogens with zero attached hydrogens (tertiary/aromatic N) is 4. The van der Waals surface area contributed by atoms with Gasteiger partial charge in [-0.2, -0.15) is 5.10 Å². The SMILES string of the molecule is COc1cccc(-c2ccc3nc(C4CCN(S(C)(=O)=O)CC4)nn3c2)c1. The summed E-state index contributed by atoms with van der Waals surface area (Å²) in [4.78, 5) is 4.65. The molecule has 1 aliphatic rings. The van der Waals surface area contributed by atoms with Crippen molar-refractivity contribution < 1.29 is 13.2 Å². The fourth-order valence-electron chi connectivity index (χ4n) is 3.49. The van der Waals surface area contributed by atoms with Gasteiger partial charge in [-0.25, -0.2) is 22.2 Å². The quantitative estimate of drug-likeness (QED) is 0.689. The summed E-state index contributed by atoms with van der Waals surface area (Å²) in [6.45, 7) is 1.04. The molecule has 0 amide bonds. The van der Waals surface area contributed by atoms with Crippen molar-refractivity contribution in [2.45, 2.75) is 18.8 Å². The third-order valence-corrected chi connectivity index (χ3v) is 6.34. The van der Waals surface area contributed by atoms with E-state index < -0.39 is 10.0 Å². The molecule has 0 N–H and O–H groups in total. The van der Waals surface area contributed by atoms with Gasteiger partial charge in [0.25, 0.3) is 0 Å². The first-order valence-corrected chi connectivity index (χ1v) is 10.7. The monoisotopic (exact) mass is 386 g/mol. The Kier molecular flexibility index (Phi) is 4.61. The second-order valence-corrected chi connectivity index (χ2v) is 8.84. The van der Waals surface area contributed by atoms with Crippen molar-refractivity contribution in [3.8, 4) is 16.9 Å². The maximum Gasteiger partial charge on any atom is 0.211 e. The number of benzene rings is 1. The third-order valence-electron chi connectivity index (χ3n) is 5.04. The molecule has 1 aliphatic heterocycles. The normalized spacial score (nSPS) is 16.7. The van der Waals surface area contributed by atoms with E-state index in [2.05, 4.69) is 10.1 Å². The predicted octanol–water partition coefficient (Wildman–Crippen LogP) is 2.54. The number of sulfonamides is 1. The molecule has 1 aromatic carbocycles. The highest BCUT2D eigenvalue weighted by atomic mass is 32.2. The van der Waals surface area contributed by atoms with E-state index in [4.69, 9.17) is 4.74 Å². The van der Waals surface area contributed by atoms with Crippen LogP contribution in [0.15, 0.2) is 42.6 Å². The Balaban J connectivity index is 1.58. The van der Waals surface area contributed by atoms with Crippen LogP contribution in [0.1, 0.15) is 24.6 Å². The predicted molar refractivity (Wildman–Crippen MR) is 103 cm³/mol. The second-order valence-electron chi connectivity index (χ2n) is 6.86. The van der Waals surface area contributed by atoms with Crippen molar-refractivity contribution in [3.63, 3.8) is 0 Å². The summed E-state index contributed by atoms with van der Waals surface area (Å²) in [6.07, 6.45) is 4.71. The molecule has 0 saturated carbocycles. The maximum atomic E-state index is 11.7. The van der Waals surface area contributed by atoms with Crippen LogP contribution < -0.4 is 4.74 Å². The molecule has 0 unspecified atom stereocenters. The summed E-state index contributed by atoms with van der Waals surface area (Å²) in [7, 11) is -1.47. The van der Waals surface area contributed by atoms with E-state index in [1.54, 1.807) is 11.6 Å². The highest BCUT2D eigenvalue weighted by Crippen LogP contribution is 2.28. The van der Waals surface area contributed by atoms with Gasteiger partial charge in [0, 0.05) is 30.8 Å². The molecule has 3 heterocycles. The molecule has 4 rings (SSSR count). The average Bonchev–Trinajstić information content (AvgIpc) is 3.11. The summed E-state index contributed by atoms with van der Waals surface area (Å²) < 4.78 is 32.0. The summed E-state index contributed by atoms with van der Waals surface area (Å²) in [6, 6.07) is 11.9. The zero-order valence-electron chi connectivity index (χ0n) is 15.4. The van der Waals surface area contributed by atoms with Crippen molar-refractivity contribution in [2.24, 2.45) is 0 Å². The van der Waals surface area contributed by atoms with Gasteiger partial charge in [0.1, 0.15) is 5.75 Å². The van der Waals surface area contributed by atoms with E-state index >= 15 is 0 Å². The van der Waals surface area contributed by atoms with Crippen molar-refractivity contribution in [1.82, 2.24) is 18.9 Å². The van der Waals surface area contributed by atoms with Crippen LogP contribution in [0.4, 0.5) is 0 Å². The topological polar surface area (TPSA) is 76.8 Å². The first kappa shape index (κ1) is 17.9. The Morgan fingerprint density at radius 2 is 1.89 bits per heavy atom. The van der Waals surface area contributed by atoms with Gasteiger partial charge >= 0.3 is 0 Å². The van der Waals surface area contributed by atoms with Crippen LogP contribution in [-0.2, 0) is 10.0 Å². The number of hydrogen-bond acceptors (Lipinski definition) is 5. The molecule has 0 spiro atoms. The number of rotatable bonds is 4. The van der Waals surface area contributed by atoms with Gasteiger partial charge in [-0.1, -0.05) is 12.1 Å². The lowest BCUT2D eigenvalue weighted by Crippen LogP contribution is -2.37. The average molecular weight is 386 g/mol. The molecule has 27 heavy (non-hydrogen) atoms. The van der Waals surface area contributed by atoms with Crippen LogP contribution in [0.2, 0.25) is 0 Å². The highest BCUT2D eigenvalue weighted by molar-refractivity contribution is 7.88. The minimum absolute atomic E-state index is 0.183. The number of methoxy groups -OCH3 is 1. The van der Waals surface area contributed by atoms with Crippen LogP contribution in [0.5, 0.6) is 5.75 Å². The van der Waals surface area contributed by atoms with E-state index in [9.17, 15) is 8.42 Å². The first-order chi connectivity index (χ1) is 12.9. The number of ether oxygens (including phenoxy) is 1. The van der Waals surface area contributed by atoms with E-state index in [1.807, 2.05) is 42.6 Å². The van der Waals surface area contributed by atoms with E-state index in [1.165, 1.54) is 10.6 Å². The zero-order chi connectivity index (χ0) is 19.0.